The van der Waals surface area contributed by atoms with E-state index in [4.69, 9.17) is 10.5 Å². The van der Waals surface area contributed by atoms with Gasteiger partial charge in [0.05, 0.1) is 0 Å². The van der Waals surface area contributed by atoms with Crippen LogP contribution in [0.15, 0.2) is 0 Å². The van der Waals surface area contributed by atoms with Crippen molar-refractivity contribution in [3.05, 3.63) is 0 Å². The minimum absolute atomic E-state index is 0.0600. The molecule has 4 heteroatoms. The van der Waals surface area contributed by atoms with E-state index >= 15 is 0 Å². The largest absolute Gasteiger partial charge is 0.372 e. The van der Waals surface area contributed by atoms with E-state index in [0.29, 0.717) is 13.2 Å². The number of hydrogen-bond acceptors (Lipinski definition) is 3. The van der Waals surface area contributed by atoms with Gasteiger partial charge < -0.3 is 15.4 Å². The number of ether oxygens (including phenoxy) is 1. The van der Waals surface area contributed by atoms with E-state index in [9.17, 15) is 4.79 Å². The highest BCUT2D eigenvalue weighted by Gasteiger charge is 2.22. The average molecular weight is 172 g/mol. The molecule has 1 aliphatic heterocycles. The van der Waals surface area contributed by atoms with Crippen molar-refractivity contribution in [1.82, 2.24) is 4.90 Å². The van der Waals surface area contributed by atoms with E-state index in [0.717, 1.165) is 13.0 Å². The molecule has 0 spiro atoms. The molecule has 1 heterocycles. The lowest BCUT2D eigenvalue weighted by Crippen LogP contribution is -2.34. The van der Waals surface area contributed by atoms with Crippen LogP contribution in [0.2, 0.25) is 0 Å². The lowest BCUT2D eigenvalue weighted by Gasteiger charge is -2.14. The standard InChI is InChI=1S/C8H16N2O2/c1-2-12-6-8(11)10-4-3-7(9)5-10/h7H,2-6,9H2,1H3/t7-/m0/s1. The summed E-state index contributed by atoms with van der Waals surface area (Å²) in [5.74, 6) is 0.0600. The summed E-state index contributed by atoms with van der Waals surface area (Å²) >= 11 is 0. The van der Waals surface area contributed by atoms with Gasteiger partial charge >= 0.3 is 0 Å². The zero-order valence-electron chi connectivity index (χ0n) is 7.45. The first-order valence-electron chi connectivity index (χ1n) is 4.35. The van der Waals surface area contributed by atoms with E-state index in [1.807, 2.05) is 6.92 Å². The van der Waals surface area contributed by atoms with Gasteiger partial charge in [0.1, 0.15) is 6.61 Å². The fourth-order valence-electron chi connectivity index (χ4n) is 1.29. The van der Waals surface area contributed by atoms with Gasteiger partial charge in [-0.15, -0.1) is 0 Å². The molecule has 1 atom stereocenters. The number of carbonyl (C=O) groups excluding carboxylic acids is 1. The third-order valence-electron chi connectivity index (χ3n) is 2.01. The van der Waals surface area contributed by atoms with Crippen LogP contribution in [-0.4, -0.2) is 43.2 Å². The van der Waals surface area contributed by atoms with Crippen LogP contribution in [0.25, 0.3) is 0 Å². The van der Waals surface area contributed by atoms with Crippen molar-refractivity contribution >= 4 is 5.91 Å². The summed E-state index contributed by atoms with van der Waals surface area (Å²) in [6, 6.07) is 0.163. The summed E-state index contributed by atoms with van der Waals surface area (Å²) < 4.78 is 5.01. The van der Waals surface area contributed by atoms with Crippen molar-refractivity contribution < 1.29 is 9.53 Å². The molecule has 0 aromatic rings. The molecule has 1 saturated heterocycles. The highest BCUT2D eigenvalue weighted by atomic mass is 16.5. The molecule has 0 aromatic carbocycles. The Kier molecular flexibility index (Phi) is 3.49. The fourth-order valence-corrected chi connectivity index (χ4v) is 1.29. The van der Waals surface area contributed by atoms with Crippen LogP contribution < -0.4 is 5.73 Å². The molecule has 2 N–H and O–H groups in total. The smallest absolute Gasteiger partial charge is 0.248 e. The van der Waals surface area contributed by atoms with E-state index in [1.165, 1.54) is 0 Å². The van der Waals surface area contributed by atoms with Gasteiger partial charge in [0.25, 0.3) is 0 Å². The predicted molar refractivity (Wildman–Crippen MR) is 45.7 cm³/mol. The molecule has 0 saturated carbocycles. The Morgan fingerprint density at radius 3 is 3.00 bits per heavy atom. The van der Waals surface area contributed by atoms with Gasteiger partial charge in [-0.2, -0.15) is 0 Å². The van der Waals surface area contributed by atoms with E-state index in [-0.39, 0.29) is 18.6 Å². The summed E-state index contributed by atoms with van der Waals surface area (Å²) in [5.41, 5.74) is 5.66. The molecule has 70 valence electrons. The van der Waals surface area contributed by atoms with Gasteiger partial charge in [-0.25, -0.2) is 0 Å². The highest BCUT2D eigenvalue weighted by molar-refractivity contribution is 5.77. The maximum atomic E-state index is 11.3. The lowest BCUT2D eigenvalue weighted by molar-refractivity contribution is -0.134. The van der Waals surface area contributed by atoms with Crippen molar-refractivity contribution in [1.29, 1.82) is 0 Å². The molecular formula is C8H16N2O2. The van der Waals surface area contributed by atoms with E-state index < -0.39 is 0 Å². The Balaban J connectivity index is 2.23. The molecule has 0 aliphatic carbocycles. The van der Waals surface area contributed by atoms with Gasteiger partial charge in [-0.1, -0.05) is 0 Å². The second kappa shape index (κ2) is 4.42. The molecule has 0 unspecified atom stereocenters. The molecule has 0 radical (unpaired) electrons. The fraction of sp³-hybridized carbons (Fsp3) is 0.875. The van der Waals surface area contributed by atoms with Crippen molar-refractivity contribution in [2.24, 2.45) is 5.73 Å². The summed E-state index contributed by atoms with van der Waals surface area (Å²) in [4.78, 5) is 13.1. The number of hydrogen-bond donors (Lipinski definition) is 1. The summed E-state index contributed by atoms with van der Waals surface area (Å²) in [6.45, 7) is 4.14. The third kappa shape index (κ3) is 2.46. The van der Waals surface area contributed by atoms with Crippen molar-refractivity contribution in [2.45, 2.75) is 19.4 Å². The van der Waals surface area contributed by atoms with Gasteiger partial charge in [-0.05, 0) is 13.3 Å². The van der Waals surface area contributed by atoms with Crippen LogP contribution in [0, 0.1) is 0 Å². The number of nitrogens with two attached hydrogens (primary N) is 1. The first-order chi connectivity index (χ1) is 5.74. The Labute approximate surface area is 72.7 Å². The molecule has 1 aliphatic rings. The predicted octanol–water partition coefficient (Wildman–Crippen LogP) is -0.417. The first-order valence-corrected chi connectivity index (χ1v) is 4.35. The average Bonchev–Trinajstić information content (AvgIpc) is 2.47. The number of carbonyl (C=O) groups is 1. The summed E-state index contributed by atoms with van der Waals surface area (Å²) in [6.07, 6.45) is 0.915. The van der Waals surface area contributed by atoms with Crippen molar-refractivity contribution in [3.63, 3.8) is 0 Å². The van der Waals surface area contributed by atoms with Crippen LogP contribution >= 0.6 is 0 Å². The maximum absolute atomic E-state index is 11.3. The normalized spacial score (nSPS) is 23.2. The van der Waals surface area contributed by atoms with Gasteiger partial charge in [0.15, 0.2) is 0 Å². The Morgan fingerprint density at radius 1 is 1.75 bits per heavy atom. The van der Waals surface area contributed by atoms with Gasteiger partial charge in [-0.3, -0.25) is 4.79 Å². The Hall–Kier alpha value is -0.610. The minimum atomic E-state index is 0.0600. The van der Waals surface area contributed by atoms with Crippen LogP contribution in [0.3, 0.4) is 0 Å². The van der Waals surface area contributed by atoms with Gasteiger partial charge in [0, 0.05) is 25.7 Å². The Morgan fingerprint density at radius 2 is 2.50 bits per heavy atom. The minimum Gasteiger partial charge on any atom is -0.372 e. The molecule has 0 bridgehead atoms. The second-order valence-electron chi connectivity index (χ2n) is 3.03. The number of rotatable bonds is 3. The van der Waals surface area contributed by atoms with Crippen LogP contribution in [-0.2, 0) is 9.53 Å². The maximum Gasteiger partial charge on any atom is 0.248 e. The van der Waals surface area contributed by atoms with Crippen LogP contribution in [0.4, 0.5) is 0 Å². The monoisotopic (exact) mass is 172 g/mol. The van der Waals surface area contributed by atoms with Crippen LogP contribution in [0.1, 0.15) is 13.3 Å². The number of likely N-dealkylation sites (tertiary alicyclic amines) is 1. The van der Waals surface area contributed by atoms with Crippen molar-refractivity contribution in [3.8, 4) is 0 Å². The van der Waals surface area contributed by atoms with E-state index in [1.54, 1.807) is 4.90 Å². The summed E-state index contributed by atoms with van der Waals surface area (Å²) in [5, 5.41) is 0. The molecule has 4 nitrogen and oxygen atoms in total. The van der Waals surface area contributed by atoms with Gasteiger partial charge in [0.2, 0.25) is 5.91 Å². The molecular weight excluding hydrogens is 156 g/mol. The molecule has 1 fully saturated rings. The first kappa shape index (κ1) is 9.48. The molecule has 0 aromatic heterocycles. The highest BCUT2D eigenvalue weighted by Crippen LogP contribution is 2.06. The van der Waals surface area contributed by atoms with Crippen molar-refractivity contribution in [2.75, 3.05) is 26.3 Å². The zero-order valence-corrected chi connectivity index (χ0v) is 7.45. The lowest BCUT2D eigenvalue weighted by atomic mass is 10.3. The molecule has 12 heavy (non-hydrogen) atoms. The molecule has 1 amide bonds. The number of amides is 1. The third-order valence-corrected chi connectivity index (χ3v) is 2.01. The summed E-state index contributed by atoms with van der Waals surface area (Å²) in [7, 11) is 0. The molecule has 1 rings (SSSR count). The number of nitrogens with zero attached hydrogens (tertiary/aromatic N) is 1. The van der Waals surface area contributed by atoms with Crippen LogP contribution in [0.5, 0.6) is 0 Å². The quantitative estimate of drug-likeness (QED) is 0.629. The second-order valence-corrected chi connectivity index (χ2v) is 3.03. The van der Waals surface area contributed by atoms with E-state index in [2.05, 4.69) is 0 Å². The topological polar surface area (TPSA) is 55.6 Å². The zero-order chi connectivity index (χ0) is 8.97. The SMILES string of the molecule is CCOCC(=O)N1CC[C@H](N)C1. The Bertz CT molecular complexity index is 161.